The van der Waals surface area contributed by atoms with Gasteiger partial charge in [0.2, 0.25) is 0 Å². The molecule has 0 saturated heterocycles. The van der Waals surface area contributed by atoms with Crippen molar-refractivity contribution in [2.24, 2.45) is 0 Å². The van der Waals surface area contributed by atoms with Crippen molar-refractivity contribution < 1.29 is 14.3 Å². The largest absolute Gasteiger partial charge is 0.354 e. The SMILES string of the molecule is COC(OC)C(C)NC(=O)c1ccc(CBr)cc1. The first-order chi connectivity index (χ1) is 8.62. The van der Waals surface area contributed by atoms with Crippen molar-refractivity contribution >= 4 is 21.8 Å². The van der Waals surface area contributed by atoms with Crippen LogP contribution >= 0.6 is 15.9 Å². The van der Waals surface area contributed by atoms with Gasteiger partial charge in [-0.25, -0.2) is 0 Å². The number of methoxy groups -OCH3 is 2. The quantitative estimate of drug-likeness (QED) is 0.647. The van der Waals surface area contributed by atoms with E-state index in [0.29, 0.717) is 5.56 Å². The van der Waals surface area contributed by atoms with E-state index in [4.69, 9.17) is 9.47 Å². The summed E-state index contributed by atoms with van der Waals surface area (Å²) in [5, 5.41) is 3.61. The molecule has 0 saturated carbocycles. The summed E-state index contributed by atoms with van der Waals surface area (Å²) in [5.41, 5.74) is 1.75. The molecule has 1 unspecified atom stereocenters. The molecule has 5 heteroatoms. The van der Waals surface area contributed by atoms with E-state index in [9.17, 15) is 4.79 Å². The standard InChI is InChI=1S/C13H18BrNO3/c1-9(13(17-2)18-3)15-12(16)11-6-4-10(8-14)5-7-11/h4-7,9,13H,8H2,1-3H3,(H,15,16). The van der Waals surface area contributed by atoms with Gasteiger partial charge in [0.1, 0.15) is 0 Å². The maximum atomic E-state index is 12.0. The van der Waals surface area contributed by atoms with Gasteiger partial charge >= 0.3 is 0 Å². The normalized spacial score (nSPS) is 12.5. The van der Waals surface area contributed by atoms with E-state index in [0.717, 1.165) is 10.9 Å². The molecule has 4 nitrogen and oxygen atoms in total. The van der Waals surface area contributed by atoms with Crippen LogP contribution in [0.4, 0.5) is 0 Å². The molecule has 0 spiro atoms. The predicted octanol–water partition coefficient (Wildman–Crippen LogP) is 2.32. The van der Waals surface area contributed by atoms with Crippen molar-refractivity contribution in [3.05, 3.63) is 35.4 Å². The third kappa shape index (κ3) is 4.08. The summed E-state index contributed by atoms with van der Waals surface area (Å²) in [7, 11) is 3.09. The molecule has 0 aliphatic heterocycles. The van der Waals surface area contributed by atoms with Gasteiger partial charge in [-0.05, 0) is 24.6 Å². The molecule has 1 aromatic rings. The molecule has 0 bridgehead atoms. The van der Waals surface area contributed by atoms with E-state index in [-0.39, 0.29) is 11.9 Å². The number of benzene rings is 1. The van der Waals surface area contributed by atoms with Crippen LogP contribution in [0.2, 0.25) is 0 Å². The van der Waals surface area contributed by atoms with Gasteiger partial charge in [-0.1, -0.05) is 28.1 Å². The Hall–Kier alpha value is -0.910. The van der Waals surface area contributed by atoms with Crippen LogP contribution in [0.5, 0.6) is 0 Å². The van der Waals surface area contributed by atoms with Gasteiger partial charge in [0.15, 0.2) is 6.29 Å². The van der Waals surface area contributed by atoms with Crippen LogP contribution in [0.1, 0.15) is 22.8 Å². The van der Waals surface area contributed by atoms with Crippen molar-refractivity contribution in [2.75, 3.05) is 14.2 Å². The van der Waals surface area contributed by atoms with Crippen molar-refractivity contribution in [1.82, 2.24) is 5.32 Å². The van der Waals surface area contributed by atoms with Crippen molar-refractivity contribution in [3.63, 3.8) is 0 Å². The summed E-state index contributed by atoms with van der Waals surface area (Å²) in [5.74, 6) is -0.136. The van der Waals surface area contributed by atoms with Gasteiger partial charge in [0.25, 0.3) is 5.91 Å². The van der Waals surface area contributed by atoms with Gasteiger partial charge in [-0.15, -0.1) is 0 Å². The van der Waals surface area contributed by atoms with Crippen molar-refractivity contribution in [3.8, 4) is 0 Å². The van der Waals surface area contributed by atoms with E-state index in [2.05, 4.69) is 21.2 Å². The fourth-order valence-corrected chi connectivity index (χ4v) is 1.98. The fraction of sp³-hybridized carbons (Fsp3) is 0.462. The van der Waals surface area contributed by atoms with Crippen LogP contribution in [-0.2, 0) is 14.8 Å². The predicted molar refractivity (Wildman–Crippen MR) is 73.8 cm³/mol. The van der Waals surface area contributed by atoms with Crippen LogP contribution in [0.3, 0.4) is 0 Å². The van der Waals surface area contributed by atoms with E-state index in [1.54, 1.807) is 26.4 Å². The first kappa shape index (κ1) is 15.1. The van der Waals surface area contributed by atoms with Crippen LogP contribution in [-0.4, -0.2) is 32.5 Å². The van der Waals surface area contributed by atoms with Crippen molar-refractivity contribution in [2.45, 2.75) is 24.6 Å². The van der Waals surface area contributed by atoms with Crippen molar-refractivity contribution in [1.29, 1.82) is 0 Å². The molecule has 1 N–H and O–H groups in total. The number of hydrogen-bond acceptors (Lipinski definition) is 3. The Kier molecular flexibility index (Phi) is 6.32. The number of alkyl halides is 1. The Morgan fingerprint density at radius 3 is 2.28 bits per heavy atom. The van der Waals surface area contributed by atoms with Gasteiger partial charge in [0.05, 0.1) is 6.04 Å². The molecule has 1 aromatic carbocycles. The molecule has 1 amide bonds. The number of carbonyl (C=O) groups is 1. The molecule has 1 rings (SSSR count). The Balaban J connectivity index is 2.64. The number of nitrogens with one attached hydrogen (secondary N) is 1. The number of rotatable bonds is 6. The first-order valence-electron chi connectivity index (χ1n) is 5.63. The second-order valence-electron chi connectivity index (χ2n) is 3.93. The highest BCUT2D eigenvalue weighted by Gasteiger charge is 2.18. The second-order valence-corrected chi connectivity index (χ2v) is 4.49. The molecule has 0 aromatic heterocycles. The van der Waals surface area contributed by atoms with Crippen LogP contribution in [0.25, 0.3) is 0 Å². The maximum Gasteiger partial charge on any atom is 0.251 e. The fourth-order valence-electron chi connectivity index (χ4n) is 1.61. The third-order valence-corrected chi connectivity index (χ3v) is 3.25. The summed E-state index contributed by atoms with van der Waals surface area (Å²) in [6.07, 6.45) is -0.448. The topological polar surface area (TPSA) is 47.6 Å². The molecular weight excluding hydrogens is 298 g/mol. The minimum absolute atomic E-state index is 0.136. The molecule has 0 aliphatic carbocycles. The van der Waals surface area contributed by atoms with Crippen LogP contribution in [0, 0.1) is 0 Å². The lowest BCUT2D eigenvalue weighted by molar-refractivity contribution is -0.117. The van der Waals surface area contributed by atoms with E-state index in [1.807, 2.05) is 19.1 Å². The summed E-state index contributed by atoms with van der Waals surface area (Å²) < 4.78 is 10.2. The van der Waals surface area contributed by atoms with Crippen LogP contribution < -0.4 is 5.32 Å². The minimum Gasteiger partial charge on any atom is -0.354 e. The molecule has 0 radical (unpaired) electrons. The molecule has 18 heavy (non-hydrogen) atoms. The molecule has 100 valence electrons. The summed E-state index contributed by atoms with van der Waals surface area (Å²) in [6.45, 7) is 1.84. The Labute approximate surface area is 116 Å². The molecule has 0 aliphatic rings. The van der Waals surface area contributed by atoms with Gasteiger partial charge in [-0.2, -0.15) is 0 Å². The molecule has 0 fully saturated rings. The first-order valence-corrected chi connectivity index (χ1v) is 6.76. The third-order valence-electron chi connectivity index (χ3n) is 2.60. The zero-order valence-electron chi connectivity index (χ0n) is 10.8. The average molecular weight is 316 g/mol. The van der Waals surface area contributed by atoms with Gasteiger partial charge in [-0.3, -0.25) is 4.79 Å². The number of amides is 1. The molecular formula is C13H18BrNO3. The van der Waals surface area contributed by atoms with Gasteiger partial charge < -0.3 is 14.8 Å². The van der Waals surface area contributed by atoms with E-state index in [1.165, 1.54) is 0 Å². The van der Waals surface area contributed by atoms with E-state index < -0.39 is 6.29 Å². The zero-order valence-corrected chi connectivity index (χ0v) is 12.4. The smallest absolute Gasteiger partial charge is 0.251 e. The summed E-state index contributed by atoms with van der Waals surface area (Å²) in [4.78, 5) is 12.0. The maximum absolute atomic E-state index is 12.0. The lowest BCUT2D eigenvalue weighted by Gasteiger charge is -2.22. The Morgan fingerprint density at radius 1 is 1.28 bits per heavy atom. The Bertz CT molecular complexity index is 376. The Morgan fingerprint density at radius 2 is 1.83 bits per heavy atom. The monoisotopic (exact) mass is 315 g/mol. The van der Waals surface area contributed by atoms with E-state index >= 15 is 0 Å². The average Bonchev–Trinajstić information content (AvgIpc) is 2.40. The molecule has 1 atom stereocenters. The summed E-state index contributed by atoms with van der Waals surface area (Å²) >= 11 is 3.36. The lowest BCUT2D eigenvalue weighted by atomic mass is 10.1. The summed E-state index contributed by atoms with van der Waals surface area (Å²) in [6, 6.07) is 7.21. The van der Waals surface area contributed by atoms with Gasteiger partial charge in [0, 0.05) is 25.1 Å². The highest BCUT2D eigenvalue weighted by Crippen LogP contribution is 2.08. The van der Waals surface area contributed by atoms with Crippen LogP contribution in [0.15, 0.2) is 24.3 Å². The highest BCUT2D eigenvalue weighted by molar-refractivity contribution is 9.08. The minimum atomic E-state index is -0.448. The number of carbonyl (C=O) groups excluding carboxylic acids is 1. The number of halogens is 1. The number of hydrogen-bond donors (Lipinski definition) is 1. The second kappa shape index (κ2) is 7.51. The lowest BCUT2D eigenvalue weighted by Crippen LogP contribution is -2.42. The highest BCUT2D eigenvalue weighted by atomic mass is 79.9. The molecule has 0 heterocycles. The zero-order chi connectivity index (χ0) is 13.5. The number of ether oxygens (including phenoxy) is 2.